The lowest BCUT2D eigenvalue weighted by atomic mass is 10.00. The Bertz CT molecular complexity index is 1540. The fraction of sp³-hybridized carbons (Fsp3) is 0.241. The van der Waals surface area contributed by atoms with Gasteiger partial charge in [0.25, 0.3) is 5.91 Å². The van der Waals surface area contributed by atoms with Gasteiger partial charge >= 0.3 is 0 Å². The van der Waals surface area contributed by atoms with Crippen LogP contribution in [0.25, 0.3) is 26.4 Å². The number of carbonyl (C=O) groups is 1. The van der Waals surface area contributed by atoms with E-state index < -0.39 is 0 Å². The summed E-state index contributed by atoms with van der Waals surface area (Å²) >= 11 is 1.60. The summed E-state index contributed by atoms with van der Waals surface area (Å²) in [6.45, 7) is 3.75. The van der Waals surface area contributed by atoms with Gasteiger partial charge in [0.2, 0.25) is 0 Å². The third-order valence-electron chi connectivity index (χ3n) is 6.89. The summed E-state index contributed by atoms with van der Waals surface area (Å²) in [5.74, 6) is 0.805. The van der Waals surface area contributed by atoms with E-state index in [4.69, 9.17) is 9.72 Å². The SMILES string of the molecule is COc1ccc(-c2cn3c(n2)sc2cc(C(=O)NCCCN4CCc5ccccc5C4)ccc23)cc1. The van der Waals surface area contributed by atoms with Crippen molar-refractivity contribution < 1.29 is 9.53 Å². The molecule has 36 heavy (non-hydrogen) atoms. The van der Waals surface area contributed by atoms with Crippen molar-refractivity contribution in [3.8, 4) is 17.0 Å². The van der Waals surface area contributed by atoms with E-state index in [9.17, 15) is 4.79 Å². The summed E-state index contributed by atoms with van der Waals surface area (Å²) in [6.07, 6.45) is 4.10. The van der Waals surface area contributed by atoms with Crippen molar-refractivity contribution in [3.63, 3.8) is 0 Å². The van der Waals surface area contributed by atoms with Crippen molar-refractivity contribution in [2.45, 2.75) is 19.4 Å². The summed E-state index contributed by atoms with van der Waals surface area (Å²) in [5, 5.41) is 3.10. The van der Waals surface area contributed by atoms with Crippen molar-refractivity contribution in [2.75, 3.05) is 26.7 Å². The second-order valence-corrected chi connectivity index (χ2v) is 10.2. The zero-order valence-corrected chi connectivity index (χ0v) is 21.1. The molecule has 1 aliphatic rings. The maximum Gasteiger partial charge on any atom is 0.251 e. The van der Waals surface area contributed by atoms with Crippen LogP contribution in [0.1, 0.15) is 27.9 Å². The minimum atomic E-state index is -0.0224. The monoisotopic (exact) mass is 496 g/mol. The minimum Gasteiger partial charge on any atom is -0.497 e. The number of hydrogen-bond acceptors (Lipinski definition) is 5. The number of amides is 1. The molecule has 0 unspecified atom stereocenters. The summed E-state index contributed by atoms with van der Waals surface area (Å²) < 4.78 is 8.40. The number of thiazole rings is 1. The quantitative estimate of drug-likeness (QED) is 0.307. The zero-order valence-electron chi connectivity index (χ0n) is 20.2. The molecule has 0 bridgehead atoms. The average molecular weight is 497 g/mol. The number of nitrogens with one attached hydrogen (secondary N) is 1. The molecule has 6 rings (SSSR count). The molecule has 1 aliphatic heterocycles. The maximum absolute atomic E-state index is 12.8. The number of carbonyl (C=O) groups excluding carboxylic acids is 1. The van der Waals surface area contributed by atoms with Gasteiger partial charge in [-0.2, -0.15) is 0 Å². The van der Waals surface area contributed by atoms with E-state index in [2.05, 4.69) is 45.1 Å². The smallest absolute Gasteiger partial charge is 0.251 e. The van der Waals surface area contributed by atoms with Gasteiger partial charge in [-0.3, -0.25) is 14.1 Å². The third-order valence-corrected chi connectivity index (χ3v) is 7.91. The first-order valence-electron chi connectivity index (χ1n) is 12.3. The number of imidazole rings is 1. The Morgan fingerprint density at radius 3 is 2.75 bits per heavy atom. The number of benzene rings is 3. The van der Waals surface area contributed by atoms with Crippen LogP contribution in [0, 0.1) is 0 Å². The molecule has 3 aromatic carbocycles. The van der Waals surface area contributed by atoms with Gasteiger partial charge in [-0.25, -0.2) is 4.98 Å². The van der Waals surface area contributed by atoms with Gasteiger partial charge in [-0.1, -0.05) is 35.6 Å². The lowest BCUT2D eigenvalue weighted by Crippen LogP contribution is -2.33. The standard InChI is InChI=1S/C29H28N4O2S/c1-35-24-10-7-21(8-11-24)25-19-33-26-12-9-22(17-27(26)36-29(33)31-25)28(34)30-14-4-15-32-16-13-20-5-2-3-6-23(20)18-32/h2-3,5-12,17,19H,4,13-16,18H2,1H3,(H,30,34). The van der Waals surface area contributed by atoms with Crippen LogP contribution < -0.4 is 10.1 Å². The Morgan fingerprint density at radius 1 is 1.08 bits per heavy atom. The number of aromatic nitrogens is 2. The molecule has 0 aliphatic carbocycles. The molecule has 0 radical (unpaired) electrons. The van der Waals surface area contributed by atoms with E-state index in [0.29, 0.717) is 12.1 Å². The fourth-order valence-electron chi connectivity index (χ4n) is 4.89. The first-order chi connectivity index (χ1) is 17.7. The lowest BCUT2D eigenvalue weighted by molar-refractivity contribution is 0.0951. The molecule has 1 N–H and O–H groups in total. The summed E-state index contributed by atoms with van der Waals surface area (Å²) in [6, 6.07) is 22.5. The maximum atomic E-state index is 12.8. The Labute approximate surface area is 214 Å². The second kappa shape index (κ2) is 9.76. The predicted octanol–water partition coefficient (Wildman–Crippen LogP) is 5.40. The number of ether oxygens (including phenoxy) is 1. The Hall–Kier alpha value is -3.68. The molecule has 2 aromatic heterocycles. The first-order valence-corrected chi connectivity index (χ1v) is 13.1. The normalized spacial score (nSPS) is 13.7. The molecule has 0 saturated carbocycles. The topological polar surface area (TPSA) is 58.9 Å². The molecule has 1 amide bonds. The first kappa shape index (κ1) is 22.8. The Kier molecular flexibility index (Phi) is 6.17. The Balaban J connectivity index is 1.07. The average Bonchev–Trinajstić information content (AvgIpc) is 3.49. The number of fused-ring (bicyclic) bond motifs is 4. The molecule has 3 heterocycles. The number of hydrogen-bond donors (Lipinski definition) is 1. The van der Waals surface area contributed by atoms with Gasteiger partial charge in [-0.15, -0.1) is 0 Å². The van der Waals surface area contributed by atoms with Gasteiger partial charge < -0.3 is 10.1 Å². The Morgan fingerprint density at radius 2 is 1.92 bits per heavy atom. The molecule has 5 aromatic rings. The van der Waals surface area contributed by atoms with Gasteiger partial charge in [-0.05, 0) is 66.4 Å². The van der Waals surface area contributed by atoms with Crippen molar-refractivity contribution in [1.82, 2.24) is 19.6 Å². The summed E-state index contributed by atoms with van der Waals surface area (Å²) in [5.41, 5.74) is 6.61. The van der Waals surface area contributed by atoms with Crippen molar-refractivity contribution in [3.05, 3.63) is 89.6 Å². The van der Waals surface area contributed by atoms with Crippen LogP contribution in [0.3, 0.4) is 0 Å². The lowest BCUT2D eigenvalue weighted by Gasteiger charge is -2.28. The van der Waals surface area contributed by atoms with Crippen molar-refractivity contribution in [1.29, 1.82) is 0 Å². The van der Waals surface area contributed by atoms with E-state index in [1.54, 1.807) is 18.4 Å². The molecule has 7 heteroatoms. The van der Waals surface area contributed by atoms with Crippen LogP contribution in [0.2, 0.25) is 0 Å². The van der Waals surface area contributed by atoms with E-state index in [-0.39, 0.29) is 5.91 Å². The fourth-order valence-corrected chi connectivity index (χ4v) is 5.94. The number of nitrogens with zero attached hydrogens (tertiary/aromatic N) is 3. The third kappa shape index (κ3) is 4.47. The van der Waals surface area contributed by atoms with Gasteiger partial charge in [0.1, 0.15) is 5.75 Å². The van der Waals surface area contributed by atoms with Crippen LogP contribution in [0.15, 0.2) is 72.9 Å². The summed E-state index contributed by atoms with van der Waals surface area (Å²) in [4.78, 5) is 21.0. The van der Waals surface area contributed by atoms with E-state index in [0.717, 1.165) is 64.7 Å². The molecular weight excluding hydrogens is 468 g/mol. The molecule has 0 saturated heterocycles. The van der Waals surface area contributed by atoms with Crippen molar-refractivity contribution in [2.24, 2.45) is 0 Å². The van der Waals surface area contributed by atoms with Gasteiger partial charge in [0, 0.05) is 43.5 Å². The molecule has 0 spiro atoms. The van der Waals surface area contributed by atoms with E-state index in [1.807, 2.05) is 42.5 Å². The van der Waals surface area contributed by atoms with Gasteiger partial charge in [0.15, 0.2) is 4.96 Å². The molecule has 0 fully saturated rings. The molecular formula is C29H28N4O2S. The number of methoxy groups -OCH3 is 1. The zero-order chi connectivity index (χ0) is 24.5. The molecule has 182 valence electrons. The van der Waals surface area contributed by atoms with Crippen LogP contribution in [0.4, 0.5) is 0 Å². The van der Waals surface area contributed by atoms with Crippen LogP contribution in [0.5, 0.6) is 5.75 Å². The second-order valence-electron chi connectivity index (χ2n) is 9.20. The summed E-state index contributed by atoms with van der Waals surface area (Å²) in [7, 11) is 1.66. The highest BCUT2D eigenvalue weighted by molar-refractivity contribution is 7.23. The van der Waals surface area contributed by atoms with Crippen molar-refractivity contribution >= 4 is 32.4 Å². The highest BCUT2D eigenvalue weighted by Crippen LogP contribution is 2.30. The molecule has 0 atom stereocenters. The van der Waals surface area contributed by atoms with Crippen LogP contribution in [-0.2, 0) is 13.0 Å². The van der Waals surface area contributed by atoms with E-state index >= 15 is 0 Å². The van der Waals surface area contributed by atoms with Crippen LogP contribution in [-0.4, -0.2) is 46.9 Å². The predicted molar refractivity (Wildman–Crippen MR) is 145 cm³/mol. The van der Waals surface area contributed by atoms with Gasteiger partial charge in [0.05, 0.1) is 23.0 Å². The minimum absolute atomic E-state index is 0.0224. The highest BCUT2D eigenvalue weighted by Gasteiger charge is 2.16. The van der Waals surface area contributed by atoms with E-state index in [1.165, 1.54) is 11.1 Å². The largest absolute Gasteiger partial charge is 0.497 e. The number of rotatable bonds is 7. The van der Waals surface area contributed by atoms with Crippen LogP contribution >= 0.6 is 11.3 Å². The highest BCUT2D eigenvalue weighted by atomic mass is 32.1. The molecule has 6 nitrogen and oxygen atoms in total.